The molecule has 7 atom stereocenters. The van der Waals surface area contributed by atoms with E-state index in [1.165, 1.54) is 4.90 Å². The third kappa shape index (κ3) is 2.38. The van der Waals surface area contributed by atoms with Crippen LogP contribution in [0.3, 0.4) is 0 Å². The molecule has 6 heteroatoms. The SMILES string of the molecule is Cc1cc(Br)ccc1NC(=O)[C@H](C)N1C(=O)[C@H]2[C@@H]3C=C[C@H]([C@H]4C[C@H]34)[C@@H]2C1=O. The van der Waals surface area contributed by atoms with Crippen LogP contribution in [-0.4, -0.2) is 28.7 Å². The van der Waals surface area contributed by atoms with Crippen molar-refractivity contribution in [1.29, 1.82) is 0 Å². The van der Waals surface area contributed by atoms with E-state index in [-0.39, 0.29) is 41.4 Å². The van der Waals surface area contributed by atoms with Crippen molar-refractivity contribution in [3.8, 4) is 0 Å². The van der Waals surface area contributed by atoms with E-state index in [1.807, 2.05) is 25.1 Å². The highest BCUT2D eigenvalue weighted by molar-refractivity contribution is 9.10. The maximum absolute atomic E-state index is 13.1. The molecule has 140 valence electrons. The van der Waals surface area contributed by atoms with Gasteiger partial charge < -0.3 is 5.32 Å². The molecule has 1 heterocycles. The minimum absolute atomic E-state index is 0.162. The molecule has 1 N–H and O–H groups in total. The van der Waals surface area contributed by atoms with Gasteiger partial charge in [0.2, 0.25) is 17.7 Å². The summed E-state index contributed by atoms with van der Waals surface area (Å²) in [7, 11) is 0. The van der Waals surface area contributed by atoms with Gasteiger partial charge in [0.05, 0.1) is 11.8 Å². The molecule has 27 heavy (non-hydrogen) atoms. The van der Waals surface area contributed by atoms with Crippen LogP contribution >= 0.6 is 15.9 Å². The monoisotopic (exact) mass is 428 g/mol. The number of amides is 3. The standard InChI is InChI=1S/C21H21BrN2O3/c1-9-7-11(22)3-6-16(9)23-19(25)10(2)24-20(26)17-12-4-5-13(15-8-14(12)15)18(17)21(24)27/h3-7,10,12-15,17-18H,8H2,1-2H3,(H,23,25)/t10-,12+,13+,14+,15+,17-,18-/m0/s1. The first kappa shape index (κ1) is 17.2. The first-order valence-electron chi connectivity index (χ1n) is 9.50. The van der Waals surface area contributed by atoms with Crippen molar-refractivity contribution in [3.63, 3.8) is 0 Å². The van der Waals surface area contributed by atoms with Crippen LogP contribution in [0.2, 0.25) is 0 Å². The normalized spacial score (nSPS) is 36.5. The fraction of sp³-hybridized carbons (Fsp3) is 0.476. The number of carbonyl (C=O) groups excluding carboxylic acids is 3. The number of nitrogens with zero attached hydrogens (tertiary/aromatic N) is 1. The Kier molecular flexibility index (Phi) is 3.67. The second-order valence-electron chi connectivity index (χ2n) is 8.33. The number of carbonyl (C=O) groups is 3. The minimum Gasteiger partial charge on any atom is -0.324 e. The largest absolute Gasteiger partial charge is 0.324 e. The summed E-state index contributed by atoms with van der Waals surface area (Å²) in [5, 5.41) is 2.87. The number of rotatable bonds is 3. The molecule has 0 unspecified atom stereocenters. The molecule has 1 aliphatic heterocycles. The van der Waals surface area contributed by atoms with E-state index >= 15 is 0 Å². The Balaban J connectivity index is 1.38. The summed E-state index contributed by atoms with van der Waals surface area (Å²) >= 11 is 3.41. The summed E-state index contributed by atoms with van der Waals surface area (Å²) in [5.74, 6) is 0.300. The molecule has 1 aromatic rings. The molecule has 0 aromatic heterocycles. The zero-order valence-electron chi connectivity index (χ0n) is 15.2. The summed E-state index contributed by atoms with van der Waals surface area (Å²) in [6.45, 7) is 3.55. The Labute approximate surface area is 166 Å². The van der Waals surface area contributed by atoms with Gasteiger partial charge in [-0.2, -0.15) is 0 Å². The zero-order valence-corrected chi connectivity index (χ0v) is 16.8. The minimum atomic E-state index is -0.811. The molecular formula is C21H21BrN2O3. The van der Waals surface area contributed by atoms with E-state index in [2.05, 4.69) is 33.4 Å². The van der Waals surface area contributed by atoms with Gasteiger partial charge in [-0.1, -0.05) is 28.1 Å². The number of allylic oxidation sites excluding steroid dienone is 2. The topological polar surface area (TPSA) is 66.5 Å². The molecule has 6 rings (SSSR count). The highest BCUT2D eigenvalue weighted by atomic mass is 79.9. The molecule has 5 aliphatic rings. The third-order valence-electron chi connectivity index (χ3n) is 6.91. The van der Waals surface area contributed by atoms with Gasteiger partial charge in [0.15, 0.2) is 0 Å². The Morgan fingerprint density at radius 2 is 1.74 bits per heavy atom. The van der Waals surface area contributed by atoms with Gasteiger partial charge >= 0.3 is 0 Å². The van der Waals surface area contributed by atoms with E-state index in [0.29, 0.717) is 17.5 Å². The molecule has 2 saturated carbocycles. The first-order valence-corrected chi connectivity index (χ1v) is 10.3. The van der Waals surface area contributed by atoms with Crippen molar-refractivity contribution >= 4 is 39.3 Å². The van der Waals surface area contributed by atoms with Crippen LogP contribution in [0.15, 0.2) is 34.8 Å². The summed E-state index contributed by atoms with van der Waals surface area (Å²) in [4.78, 5) is 40.2. The van der Waals surface area contributed by atoms with Crippen molar-refractivity contribution in [2.45, 2.75) is 26.3 Å². The summed E-state index contributed by atoms with van der Waals surface area (Å²) < 4.78 is 0.932. The lowest BCUT2D eigenvalue weighted by Crippen LogP contribution is -2.46. The molecular weight excluding hydrogens is 408 g/mol. The van der Waals surface area contributed by atoms with Crippen molar-refractivity contribution < 1.29 is 14.4 Å². The molecule has 1 aromatic carbocycles. The molecule has 4 aliphatic carbocycles. The number of imide groups is 1. The molecule has 3 amide bonds. The number of hydrogen-bond donors (Lipinski definition) is 1. The highest BCUT2D eigenvalue weighted by Crippen LogP contribution is 2.65. The fourth-order valence-corrected chi connectivity index (χ4v) is 5.96. The van der Waals surface area contributed by atoms with Crippen LogP contribution in [0.25, 0.3) is 0 Å². The van der Waals surface area contributed by atoms with Crippen LogP contribution in [0.5, 0.6) is 0 Å². The van der Waals surface area contributed by atoms with Crippen LogP contribution < -0.4 is 5.32 Å². The molecule has 0 spiro atoms. The summed E-state index contributed by atoms with van der Waals surface area (Å²) in [6.07, 6.45) is 5.42. The summed E-state index contributed by atoms with van der Waals surface area (Å²) in [6, 6.07) is 4.77. The number of aryl methyl sites for hydroxylation is 1. The number of nitrogens with one attached hydrogen (secondary N) is 1. The van der Waals surface area contributed by atoms with Crippen LogP contribution in [0.4, 0.5) is 5.69 Å². The van der Waals surface area contributed by atoms with Crippen molar-refractivity contribution in [3.05, 3.63) is 40.4 Å². The Hall–Kier alpha value is -1.95. The number of hydrogen-bond acceptors (Lipinski definition) is 3. The lowest BCUT2D eigenvalue weighted by atomic mass is 9.63. The number of likely N-dealkylation sites (tertiary alicyclic amines) is 1. The lowest BCUT2D eigenvalue weighted by molar-refractivity contribution is -0.146. The number of benzene rings is 1. The number of anilines is 1. The van der Waals surface area contributed by atoms with Crippen molar-refractivity contribution in [2.75, 3.05) is 5.32 Å². The van der Waals surface area contributed by atoms with E-state index in [9.17, 15) is 14.4 Å². The predicted molar refractivity (Wildman–Crippen MR) is 104 cm³/mol. The smallest absolute Gasteiger partial charge is 0.247 e. The summed E-state index contributed by atoms with van der Waals surface area (Å²) in [5.41, 5.74) is 1.61. The van der Waals surface area contributed by atoms with Gasteiger partial charge in [0, 0.05) is 10.2 Å². The maximum atomic E-state index is 13.1. The van der Waals surface area contributed by atoms with Gasteiger partial charge in [-0.25, -0.2) is 0 Å². The van der Waals surface area contributed by atoms with E-state index in [4.69, 9.17) is 0 Å². The molecule has 2 bridgehead atoms. The Bertz CT molecular complexity index is 875. The van der Waals surface area contributed by atoms with Crippen LogP contribution in [0, 0.1) is 42.4 Å². The van der Waals surface area contributed by atoms with Crippen molar-refractivity contribution in [2.24, 2.45) is 35.5 Å². The van der Waals surface area contributed by atoms with Crippen LogP contribution in [0.1, 0.15) is 18.9 Å². The number of halogens is 1. The second kappa shape index (κ2) is 5.77. The van der Waals surface area contributed by atoms with Gasteiger partial charge in [-0.3, -0.25) is 19.3 Å². The molecule has 0 radical (unpaired) electrons. The van der Waals surface area contributed by atoms with Crippen molar-refractivity contribution in [1.82, 2.24) is 4.90 Å². The van der Waals surface area contributed by atoms with Gasteiger partial charge in [0.25, 0.3) is 0 Å². The molecule has 5 nitrogen and oxygen atoms in total. The van der Waals surface area contributed by atoms with E-state index in [1.54, 1.807) is 6.92 Å². The Morgan fingerprint density at radius 1 is 1.15 bits per heavy atom. The fourth-order valence-electron chi connectivity index (χ4n) is 5.48. The zero-order chi connectivity index (χ0) is 19.0. The van der Waals surface area contributed by atoms with Gasteiger partial charge in [0.1, 0.15) is 6.04 Å². The van der Waals surface area contributed by atoms with E-state index < -0.39 is 6.04 Å². The predicted octanol–water partition coefficient (Wildman–Crippen LogP) is 3.14. The average molecular weight is 429 g/mol. The van der Waals surface area contributed by atoms with Crippen LogP contribution in [-0.2, 0) is 14.4 Å². The quantitative estimate of drug-likeness (QED) is 0.593. The molecule has 1 saturated heterocycles. The average Bonchev–Trinajstić information content (AvgIpc) is 3.41. The lowest BCUT2D eigenvalue weighted by Gasteiger charge is -2.37. The molecule has 3 fully saturated rings. The maximum Gasteiger partial charge on any atom is 0.247 e. The Morgan fingerprint density at radius 3 is 2.30 bits per heavy atom. The van der Waals surface area contributed by atoms with Gasteiger partial charge in [-0.05, 0) is 67.7 Å². The highest BCUT2D eigenvalue weighted by Gasteiger charge is 2.67. The van der Waals surface area contributed by atoms with E-state index in [0.717, 1.165) is 16.5 Å². The third-order valence-corrected chi connectivity index (χ3v) is 7.40. The first-order chi connectivity index (χ1) is 12.9. The van der Waals surface area contributed by atoms with Gasteiger partial charge in [-0.15, -0.1) is 0 Å². The second-order valence-corrected chi connectivity index (χ2v) is 9.24.